The molecule has 1 fully saturated rings. The number of ether oxygens (including phenoxy) is 1. The zero-order valence-electron chi connectivity index (χ0n) is 19.2. The minimum atomic E-state index is -0.0283. The quantitative estimate of drug-likeness (QED) is 0.353. The van der Waals surface area contributed by atoms with E-state index in [0.29, 0.717) is 22.3 Å². The van der Waals surface area contributed by atoms with Crippen LogP contribution in [-0.2, 0) is 11.4 Å². The molecule has 0 saturated carbocycles. The summed E-state index contributed by atoms with van der Waals surface area (Å²) in [5.41, 5.74) is 1.79. The van der Waals surface area contributed by atoms with E-state index in [4.69, 9.17) is 16.3 Å². The highest BCUT2D eigenvalue weighted by molar-refractivity contribution is 8.18. The Labute approximate surface area is 204 Å². The Morgan fingerprint density at radius 1 is 1.03 bits per heavy atom. The van der Waals surface area contributed by atoms with Gasteiger partial charge in [-0.25, -0.2) is 0 Å². The number of hydrogen-bond donors (Lipinski definition) is 0. The summed E-state index contributed by atoms with van der Waals surface area (Å²) in [6.07, 6.45) is 1.94. The Hall–Kier alpha value is -2.76. The number of amidine groups is 1. The van der Waals surface area contributed by atoms with Crippen LogP contribution in [0.1, 0.15) is 38.8 Å². The number of rotatable bonds is 6. The number of hydrogen-bond acceptors (Lipinski definition) is 4. The Kier molecular flexibility index (Phi) is 7.11. The fraction of sp³-hybridized carbons (Fsp3) is 0.259. The molecule has 4 nitrogen and oxygen atoms in total. The van der Waals surface area contributed by atoms with Crippen LogP contribution in [0, 0.1) is 0 Å². The first kappa shape index (κ1) is 23.4. The zero-order chi connectivity index (χ0) is 23.5. The van der Waals surface area contributed by atoms with Crippen LogP contribution in [0.5, 0.6) is 5.75 Å². The Balaban J connectivity index is 1.77. The monoisotopic (exact) mass is 478 g/mol. The lowest BCUT2D eigenvalue weighted by molar-refractivity contribution is -0.123. The van der Waals surface area contributed by atoms with Crippen LogP contribution in [0.2, 0.25) is 5.02 Å². The standard InChI is InChI=1S/C27H27ClN2O2S/c1-17(2)29-27-30(18(3)4)26(31)25(33-27)15-22-21-11-7-5-9-19(21)13-14-24(22)32-16-20-10-6-8-12-23(20)28/h5-15,17-18H,16H2,1-4H3/b25-15+,29-27?. The van der Waals surface area contributed by atoms with Crippen molar-refractivity contribution in [2.45, 2.75) is 46.4 Å². The molecule has 0 spiro atoms. The Morgan fingerprint density at radius 3 is 2.48 bits per heavy atom. The van der Waals surface area contributed by atoms with Crippen molar-refractivity contribution >= 4 is 51.3 Å². The van der Waals surface area contributed by atoms with Gasteiger partial charge < -0.3 is 4.74 Å². The van der Waals surface area contributed by atoms with E-state index in [2.05, 4.69) is 17.1 Å². The van der Waals surface area contributed by atoms with Crippen molar-refractivity contribution in [3.05, 3.63) is 81.7 Å². The summed E-state index contributed by atoms with van der Waals surface area (Å²) in [5.74, 6) is 0.680. The highest BCUT2D eigenvalue weighted by Gasteiger charge is 2.35. The highest BCUT2D eigenvalue weighted by atomic mass is 35.5. The molecule has 0 aliphatic carbocycles. The average molecular weight is 479 g/mol. The maximum Gasteiger partial charge on any atom is 0.266 e. The molecule has 0 N–H and O–H groups in total. The van der Waals surface area contributed by atoms with Gasteiger partial charge in [-0.3, -0.25) is 14.7 Å². The lowest BCUT2D eigenvalue weighted by Crippen LogP contribution is -2.35. The number of aliphatic imine (C=N–C) groups is 1. The summed E-state index contributed by atoms with van der Waals surface area (Å²) in [7, 11) is 0. The SMILES string of the molecule is CC(C)N=C1S/C(=C/c2c(OCc3ccccc3Cl)ccc3ccccc23)C(=O)N1C(C)C. The van der Waals surface area contributed by atoms with Gasteiger partial charge in [0.25, 0.3) is 5.91 Å². The van der Waals surface area contributed by atoms with Crippen LogP contribution >= 0.6 is 23.4 Å². The van der Waals surface area contributed by atoms with Crippen LogP contribution in [0.25, 0.3) is 16.8 Å². The topological polar surface area (TPSA) is 41.9 Å². The molecule has 3 aromatic carbocycles. The van der Waals surface area contributed by atoms with Gasteiger partial charge in [-0.1, -0.05) is 60.1 Å². The summed E-state index contributed by atoms with van der Waals surface area (Å²) in [6, 6.07) is 19.9. The van der Waals surface area contributed by atoms with Gasteiger partial charge in [0.15, 0.2) is 5.17 Å². The van der Waals surface area contributed by atoms with E-state index in [9.17, 15) is 4.79 Å². The minimum absolute atomic E-state index is 0.0249. The van der Waals surface area contributed by atoms with Crippen LogP contribution in [0.4, 0.5) is 0 Å². The molecule has 0 atom stereocenters. The van der Waals surface area contributed by atoms with E-state index < -0.39 is 0 Å². The second-order valence-corrected chi connectivity index (χ2v) is 9.88. The first-order valence-corrected chi connectivity index (χ1v) is 12.2. The predicted octanol–water partition coefficient (Wildman–Crippen LogP) is 7.16. The molecule has 33 heavy (non-hydrogen) atoms. The summed E-state index contributed by atoms with van der Waals surface area (Å²) < 4.78 is 6.23. The smallest absolute Gasteiger partial charge is 0.266 e. The molecular formula is C27H27ClN2O2S. The summed E-state index contributed by atoms with van der Waals surface area (Å²) in [4.78, 5) is 20.4. The van der Waals surface area contributed by atoms with Crippen molar-refractivity contribution in [3.8, 4) is 5.75 Å². The number of nitrogens with zero attached hydrogens (tertiary/aromatic N) is 2. The number of halogens is 1. The van der Waals surface area contributed by atoms with E-state index in [-0.39, 0.29) is 18.0 Å². The van der Waals surface area contributed by atoms with Crippen LogP contribution in [-0.4, -0.2) is 28.1 Å². The summed E-state index contributed by atoms with van der Waals surface area (Å²) in [5, 5.41) is 3.53. The fourth-order valence-electron chi connectivity index (χ4n) is 3.71. The molecule has 0 bridgehead atoms. The normalized spacial score (nSPS) is 16.7. The summed E-state index contributed by atoms with van der Waals surface area (Å²) >= 11 is 7.75. The molecule has 1 saturated heterocycles. The highest BCUT2D eigenvalue weighted by Crippen LogP contribution is 2.38. The molecule has 1 amide bonds. The number of carbonyl (C=O) groups is 1. The van der Waals surface area contributed by atoms with Crippen molar-refractivity contribution in [2.75, 3.05) is 0 Å². The number of carbonyl (C=O) groups excluding carboxylic acids is 1. The van der Waals surface area contributed by atoms with E-state index in [0.717, 1.165) is 27.1 Å². The largest absolute Gasteiger partial charge is 0.488 e. The van der Waals surface area contributed by atoms with E-state index >= 15 is 0 Å². The maximum atomic E-state index is 13.3. The molecule has 0 aromatic heterocycles. The van der Waals surface area contributed by atoms with Crippen LogP contribution < -0.4 is 4.74 Å². The van der Waals surface area contributed by atoms with E-state index in [1.54, 1.807) is 4.90 Å². The van der Waals surface area contributed by atoms with Crippen molar-refractivity contribution in [3.63, 3.8) is 0 Å². The average Bonchev–Trinajstić information content (AvgIpc) is 3.08. The Bertz CT molecular complexity index is 1250. The van der Waals surface area contributed by atoms with E-state index in [1.165, 1.54) is 11.8 Å². The second kappa shape index (κ2) is 10.0. The molecular weight excluding hydrogens is 452 g/mol. The first-order chi connectivity index (χ1) is 15.8. The molecule has 4 rings (SSSR count). The van der Waals surface area contributed by atoms with Gasteiger partial charge in [-0.15, -0.1) is 0 Å². The van der Waals surface area contributed by atoms with Gasteiger partial charge in [0.1, 0.15) is 12.4 Å². The maximum absolute atomic E-state index is 13.3. The number of thioether (sulfide) groups is 1. The van der Waals surface area contributed by atoms with Gasteiger partial charge in [0.2, 0.25) is 0 Å². The molecule has 1 aliphatic heterocycles. The van der Waals surface area contributed by atoms with Crippen molar-refractivity contribution < 1.29 is 9.53 Å². The molecule has 3 aromatic rings. The van der Waals surface area contributed by atoms with Gasteiger partial charge in [0.05, 0.1) is 4.91 Å². The van der Waals surface area contributed by atoms with Gasteiger partial charge in [-0.05, 0) is 68.4 Å². The second-order valence-electron chi connectivity index (χ2n) is 8.46. The third-order valence-electron chi connectivity index (χ3n) is 5.27. The first-order valence-electron chi connectivity index (χ1n) is 11.0. The number of benzene rings is 3. The van der Waals surface area contributed by atoms with Crippen LogP contribution in [0.3, 0.4) is 0 Å². The number of amides is 1. The zero-order valence-corrected chi connectivity index (χ0v) is 20.8. The lowest BCUT2D eigenvalue weighted by atomic mass is 10.0. The molecule has 0 radical (unpaired) electrons. The Morgan fingerprint density at radius 2 is 1.76 bits per heavy atom. The molecule has 1 heterocycles. The van der Waals surface area contributed by atoms with E-state index in [1.807, 2.05) is 82.3 Å². The molecule has 6 heteroatoms. The van der Waals surface area contributed by atoms with Gasteiger partial charge in [0, 0.05) is 28.2 Å². The van der Waals surface area contributed by atoms with Crippen molar-refractivity contribution in [1.29, 1.82) is 0 Å². The van der Waals surface area contributed by atoms with Gasteiger partial charge in [-0.2, -0.15) is 0 Å². The van der Waals surface area contributed by atoms with Crippen LogP contribution in [0.15, 0.2) is 70.6 Å². The molecule has 0 unspecified atom stereocenters. The number of fused-ring (bicyclic) bond motifs is 1. The lowest BCUT2D eigenvalue weighted by Gasteiger charge is -2.20. The minimum Gasteiger partial charge on any atom is -0.488 e. The molecule has 1 aliphatic rings. The summed E-state index contributed by atoms with van der Waals surface area (Å²) in [6.45, 7) is 8.39. The van der Waals surface area contributed by atoms with Crippen molar-refractivity contribution in [2.24, 2.45) is 4.99 Å². The third-order valence-corrected chi connectivity index (χ3v) is 6.63. The molecule has 170 valence electrons. The third kappa shape index (κ3) is 5.10. The predicted molar refractivity (Wildman–Crippen MR) is 140 cm³/mol. The fourth-order valence-corrected chi connectivity index (χ4v) is 5.11. The van der Waals surface area contributed by atoms with Gasteiger partial charge >= 0.3 is 0 Å². The van der Waals surface area contributed by atoms with Crippen molar-refractivity contribution in [1.82, 2.24) is 4.90 Å².